The van der Waals surface area contributed by atoms with Gasteiger partial charge in [-0.3, -0.25) is 4.79 Å². The van der Waals surface area contributed by atoms with E-state index in [1.807, 2.05) is 7.05 Å². The van der Waals surface area contributed by atoms with Gasteiger partial charge in [0.1, 0.15) is 11.9 Å². The molecule has 1 saturated heterocycles. The predicted octanol–water partition coefficient (Wildman–Crippen LogP) is 5.06. The summed E-state index contributed by atoms with van der Waals surface area (Å²) in [6, 6.07) is 8.91. The molecule has 1 aliphatic heterocycles. The zero-order valence-electron chi connectivity index (χ0n) is 24.1. The second kappa shape index (κ2) is 12.2. The van der Waals surface area contributed by atoms with Gasteiger partial charge >= 0.3 is 6.18 Å². The normalized spacial score (nSPS) is 23.5. The summed E-state index contributed by atoms with van der Waals surface area (Å²) in [7, 11) is -1.60. The summed E-state index contributed by atoms with van der Waals surface area (Å²) in [4.78, 5) is 29.1. The van der Waals surface area contributed by atoms with E-state index in [-0.39, 0.29) is 62.5 Å². The van der Waals surface area contributed by atoms with Crippen molar-refractivity contribution in [1.29, 1.82) is 0 Å². The topological polar surface area (TPSA) is 108 Å². The maximum atomic E-state index is 13.8. The number of alkyl halides is 3. The lowest BCUT2D eigenvalue weighted by molar-refractivity contribution is -0.144. The molecule has 14 heteroatoms. The molecule has 1 saturated carbocycles. The van der Waals surface area contributed by atoms with Crippen molar-refractivity contribution in [3.63, 3.8) is 0 Å². The van der Waals surface area contributed by atoms with Crippen molar-refractivity contribution in [2.24, 2.45) is 5.92 Å². The summed E-state index contributed by atoms with van der Waals surface area (Å²) in [5.74, 6) is -2.30. The second-order valence-electron chi connectivity index (χ2n) is 11.6. The number of carbonyl (C=O) groups excluding carboxylic acids is 1. The molecule has 1 aromatic carbocycles. The van der Waals surface area contributed by atoms with Crippen LogP contribution < -0.4 is 5.32 Å². The van der Waals surface area contributed by atoms with E-state index >= 15 is 0 Å². The Morgan fingerprint density at radius 2 is 1.86 bits per heavy atom. The summed E-state index contributed by atoms with van der Waals surface area (Å²) >= 11 is 6.06. The highest BCUT2D eigenvalue weighted by molar-refractivity contribution is 7.91. The summed E-state index contributed by atoms with van der Waals surface area (Å²) in [5, 5.41) is 3.25. The third kappa shape index (κ3) is 6.73. The monoisotopic (exact) mass is 638 g/mol. The van der Waals surface area contributed by atoms with Gasteiger partial charge in [0.15, 0.2) is 15.5 Å². The van der Waals surface area contributed by atoms with Crippen molar-refractivity contribution in [3.05, 3.63) is 53.4 Å². The molecule has 0 unspecified atom stereocenters. The van der Waals surface area contributed by atoms with E-state index in [9.17, 15) is 26.4 Å². The van der Waals surface area contributed by atoms with Crippen molar-refractivity contribution in [1.82, 2.24) is 24.8 Å². The van der Waals surface area contributed by atoms with E-state index < -0.39 is 27.9 Å². The number of pyridine rings is 1. The van der Waals surface area contributed by atoms with Crippen LogP contribution in [-0.2, 0) is 20.8 Å². The van der Waals surface area contributed by atoms with Gasteiger partial charge in [-0.05, 0) is 70.7 Å². The number of hydrogen-bond acceptors (Lipinski definition) is 8. The molecule has 232 valence electrons. The van der Waals surface area contributed by atoms with Crippen LogP contribution >= 0.6 is 11.6 Å². The molecule has 9 nitrogen and oxygen atoms in total. The number of sulfone groups is 1. The van der Waals surface area contributed by atoms with Gasteiger partial charge in [0, 0.05) is 30.9 Å². The Labute approximate surface area is 253 Å². The average Bonchev–Trinajstić information content (AvgIpc) is 3.31. The number of fused-ring (bicyclic) bond motifs is 1. The van der Waals surface area contributed by atoms with Gasteiger partial charge in [-0.15, -0.1) is 0 Å². The molecule has 1 amide bonds. The third-order valence-electron chi connectivity index (χ3n) is 8.56. The maximum Gasteiger partial charge on any atom is 0.451 e. The van der Waals surface area contributed by atoms with E-state index in [4.69, 9.17) is 11.6 Å². The number of rotatable bonds is 8. The number of halogens is 4. The van der Waals surface area contributed by atoms with Crippen LogP contribution in [0.5, 0.6) is 0 Å². The summed E-state index contributed by atoms with van der Waals surface area (Å²) in [6.07, 6.45) is -1.31. The number of benzene rings is 1. The van der Waals surface area contributed by atoms with Crippen molar-refractivity contribution in [3.8, 4) is 0 Å². The van der Waals surface area contributed by atoms with Gasteiger partial charge in [-0.2, -0.15) is 13.2 Å². The molecule has 43 heavy (non-hydrogen) atoms. The van der Waals surface area contributed by atoms with E-state index in [0.717, 1.165) is 6.42 Å². The lowest BCUT2D eigenvalue weighted by atomic mass is 9.81. The molecule has 4 atom stereocenters. The largest absolute Gasteiger partial charge is 0.451 e. The standard InChI is InChI=1S/C29H34ClF3N6O3S/c1-17(2)38(3)20-9-10-24(18(13-20)16-43(41,42)21-7-5-4-6-8-21)39-12-11-23(27(39)40)35-26-22-14-19(30)15-34-25(22)36-28(37-26)29(31,32)33/h4-8,14-15,17-18,20,23-24H,9-13,16H2,1-3H3,(H,34,35,36,37)/t18-,20-,23+,24+/m1/s1. The van der Waals surface area contributed by atoms with Gasteiger partial charge < -0.3 is 15.1 Å². The fourth-order valence-corrected chi connectivity index (χ4v) is 8.01. The van der Waals surface area contributed by atoms with Gasteiger partial charge in [-0.25, -0.2) is 23.4 Å². The number of likely N-dealkylation sites (tertiary alicyclic amines) is 1. The van der Waals surface area contributed by atoms with Crippen molar-refractivity contribution < 1.29 is 26.4 Å². The Morgan fingerprint density at radius 3 is 2.53 bits per heavy atom. The van der Waals surface area contributed by atoms with Crippen molar-refractivity contribution in [2.75, 3.05) is 24.7 Å². The molecule has 3 heterocycles. The Bertz CT molecular complexity index is 1590. The molecule has 5 rings (SSSR count). The number of hydrogen-bond donors (Lipinski definition) is 1. The number of nitrogens with zero attached hydrogens (tertiary/aromatic N) is 5. The maximum absolute atomic E-state index is 13.8. The lowest BCUT2D eigenvalue weighted by Gasteiger charge is -2.44. The summed E-state index contributed by atoms with van der Waals surface area (Å²) in [6.45, 7) is 4.51. The van der Waals surface area contributed by atoms with Gasteiger partial charge in [0.05, 0.1) is 21.1 Å². The predicted molar refractivity (Wildman–Crippen MR) is 157 cm³/mol. The Hall–Kier alpha value is -3.03. The van der Waals surface area contributed by atoms with Gasteiger partial charge in [-0.1, -0.05) is 29.8 Å². The van der Waals surface area contributed by atoms with Gasteiger partial charge in [0.25, 0.3) is 0 Å². The van der Waals surface area contributed by atoms with Crippen LogP contribution in [0.15, 0.2) is 47.5 Å². The van der Waals surface area contributed by atoms with Crippen molar-refractivity contribution >= 4 is 44.2 Å². The van der Waals surface area contributed by atoms with E-state index in [2.05, 4.69) is 39.0 Å². The highest BCUT2D eigenvalue weighted by Crippen LogP contribution is 2.37. The Kier molecular flexibility index (Phi) is 8.88. The molecule has 2 fully saturated rings. The highest BCUT2D eigenvalue weighted by Gasteiger charge is 2.44. The first-order valence-corrected chi connectivity index (χ1v) is 16.2. The summed E-state index contributed by atoms with van der Waals surface area (Å²) in [5.41, 5.74) is -0.199. The van der Waals surface area contributed by atoms with Crippen LogP contribution in [0.3, 0.4) is 0 Å². The Balaban J connectivity index is 1.41. The minimum absolute atomic E-state index is 0.109. The SMILES string of the molecule is CC(C)N(C)[C@@H]1CC[C@H](N2CC[C@H](Nc3nc(C(F)(F)F)nc4ncc(Cl)cc34)C2=O)[C@@H](CS(=O)(=O)c2ccccc2)C1. The number of aromatic nitrogens is 3. The van der Waals surface area contributed by atoms with Gasteiger partial charge in [0.2, 0.25) is 11.7 Å². The lowest BCUT2D eigenvalue weighted by Crippen LogP contribution is -2.52. The van der Waals surface area contributed by atoms with Crippen LogP contribution in [0.4, 0.5) is 19.0 Å². The highest BCUT2D eigenvalue weighted by atomic mass is 35.5. The molecule has 1 N–H and O–H groups in total. The van der Waals surface area contributed by atoms with Crippen LogP contribution in [0.25, 0.3) is 11.0 Å². The quantitative estimate of drug-likeness (QED) is 0.365. The molecule has 0 bridgehead atoms. The molecule has 2 aromatic heterocycles. The van der Waals surface area contributed by atoms with Crippen LogP contribution in [0, 0.1) is 5.92 Å². The average molecular weight is 639 g/mol. The van der Waals surface area contributed by atoms with Crippen molar-refractivity contribution in [2.45, 2.75) is 74.8 Å². The number of amides is 1. The minimum atomic E-state index is -4.82. The number of nitrogens with one attached hydrogen (secondary N) is 1. The van der Waals surface area contributed by atoms with Crippen LogP contribution in [0.2, 0.25) is 5.02 Å². The van der Waals surface area contributed by atoms with Crippen LogP contribution in [0.1, 0.15) is 45.4 Å². The molecular formula is C29H34ClF3N6O3S. The zero-order valence-corrected chi connectivity index (χ0v) is 25.6. The smallest absolute Gasteiger partial charge is 0.358 e. The summed E-state index contributed by atoms with van der Waals surface area (Å²) < 4.78 is 67.7. The first kappa shape index (κ1) is 31.4. The first-order chi connectivity index (χ1) is 20.2. The fraction of sp³-hybridized carbons (Fsp3) is 0.517. The first-order valence-electron chi connectivity index (χ1n) is 14.2. The number of anilines is 1. The Morgan fingerprint density at radius 1 is 1.14 bits per heavy atom. The second-order valence-corrected chi connectivity index (χ2v) is 14.1. The molecule has 2 aliphatic rings. The minimum Gasteiger partial charge on any atom is -0.358 e. The fourth-order valence-electron chi connectivity index (χ4n) is 6.16. The molecular weight excluding hydrogens is 605 g/mol. The molecule has 0 spiro atoms. The number of carbonyl (C=O) groups is 1. The molecule has 0 radical (unpaired) electrons. The zero-order chi connectivity index (χ0) is 31.1. The van der Waals surface area contributed by atoms with Crippen LogP contribution in [-0.4, -0.2) is 82.6 Å². The third-order valence-corrected chi connectivity index (χ3v) is 10.6. The van der Waals surface area contributed by atoms with E-state index in [1.54, 1.807) is 35.2 Å². The van der Waals surface area contributed by atoms with E-state index in [0.29, 0.717) is 25.8 Å². The van der Waals surface area contributed by atoms with E-state index in [1.165, 1.54) is 12.3 Å². The molecule has 3 aromatic rings. The molecule has 1 aliphatic carbocycles.